The molecule has 4 rings (SSSR count). The molecule has 13 heteroatoms. The summed E-state index contributed by atoms with van der Waals surface area (Å²) in [6.07, 6.45) is 2.76. The van der Waals surface area contributed by atoms with Gasteiger partial charge in [0.05, 0.1) is 24.2 Å². The number of carbonyl (C=O) groups excluding carboxylic acids is 2. The Morgan fingerprint density at radius 1 is 1.28 bits per heavy atom. The van der Waals surface area contributed by atoms with E-state index in [9.17, 15) is 18.0 Å². The molecule has 0 atom stereocenters. The highest BCUT2D eigenvalue weighted by Gasteiger charge is 2.39. The standard InChI is InChI=1S/C23H22N4O7S2/c1-4-32-18-11-14(7-8-16(18)34-21(29)17-6-5-9-33-17)10-15-19(24)27-22(25-20(15)28)35-23(26-27)36(30,31)12-13(2)3/h5-11,13,24H,4,12H2,1-3H3/b15-10+,24-19?. The number of amides is 1. The predicted molar refractivity (Wildman–Crippen MR) is 135 cm³/mol. The molecule has 0 unspecified atom stereocenters. The van der Waals surface area contributed by atoms with Crippen LogP contribution in [-0.2, 0) is 14.6 Å². The van der Waals surface area contributed by atoms with Crippen molar-refractivity contribution in [1.29, 1.82) is 5.41 Å². The van der Waals surface area contributed by atoms with Gasteiger partial charge in [0.25, 0.3) is 5.91 Å². The number of benzene rings is 1. The summed E-state index contributed by atoms with van der Waals surface area (Å²) < 4.78 is 40.9. The normalized spacial score (nSPS) is 16.8. The second kappa shape index (κ2) is 10.1. The number of rotatable bonds is 7. The van der Waals surface area contributed by atoms with E-state index in [0.29, 0.717) is 5.56 Å². The second-order valence-electron chi connectivity index (χ2n) is 8.07. The van der Waals surface area contributed by atoms with E-state index in [-0.39, 0.29) is 56.5 Å². The number of fused-ring (bicyclic) bond motifs is 1. The first kappa shape index (κ1) is 25.4. The first-order chi connectivity index (χ1) is 17.1. The Kier molecular flexibility index (Phi) is 7.13. The molecule has 2 aliphatic heterocycles. The molecule has 188 valence electrons. The van der Waals surface area contributed by atoms with Crippen molar-refractivity contribution in [3.8, 4) is 11.5 Å². The molecule has 1 amide bonds. The van der Waals surface area contributed by atoms with Crippen LogP contribution in [0.2, 0.25) is 0 Å². The van der Waals surface area contributed by atoms with E-state index < -0.39 is 21.7 Å². The summed E-state index contributed by atoms with van der Waals surface area (Å²) >= 11 is 0.748. The van der Waals surface area contributed by atoms with Crippen molar-refractivity contribution >= 4 is 54.9 Å². The first-order valence-electron chi connectivity index (χ1n) is 10.8. The average molecular weight is 531 g/mol. The van der Waals surface area contributed by atoms with Crippen LogP contribution < -0.4 is 9.47 Å². The quantitative estimate of drug-likeness (QED) is 0.322. The Morgan fingerprint density at radius 3 is 2.72 bits per heavy atom. The smallest absolute Gasteiger partial charge is 0.379 e. The molecule has 2 aromatic rings. The van der Waals surface area contributed by atoms with E-state index in [4.69, 9.17) is 19.3 Å². The highest BCUT2D eigenvalue weighted by atomic mass is 32.3. The SMILES string of the molecule is CCOc1cc(/C=C2\C(=N)N3N=C(S(=O)(=O)CC(C)C)SC3=NC2=O)ccc1OC(=O)c1ccco1. The van der Waals surface area contributed by atoms with Crippen molar-refractivity contribution in [2.24, 2.45) is 16.0 Å². The number of hydrazone groups is 1. The number of sulfone groups is 1. The molecule has 36 heavy (non-hydrogen) atoms. The number of carbonyl (C=O) groups is 2. The Bertz CT molecular complexity index is 1420. The molecular formula is C23H22N4O7S2. The molecule has 2 aliphatic rings. The second-order valence-corrected chi connectivity index (χ2v) is 11.2. The minimum Gasteiger partial charge on any atom is -0.490 e. The third-order valence-electron chi connectivity index (χ3n) is 4.76. The molecule has 1 N–H and O–H groups in total. The van der Waals surface area contributed by atoms with Crippen molar-refractivity contribution in [3.63, 3.8) is 0 Å². The third kappa shape index (κ3) is 5.26. The van der Waals surface area contributed by atoms with Gasteiger partial charge in [-0.3, -0.25) is 10.2 Å². The van der Waals surface area contributed by atoms with Gasteiger partial charge in [0, 0.05) is 0 Å². The van der Waals surface area contributed by atoms with E-state index in [1.54, 1.807) is 39.0 Å². The number of hydrogen-bond acceptors (Lipinski definition) is 10. The lowest BCUT2D eigenvalue weighted by molar-refractivity contribution is -0.114. The summed E-state index contributed by atoms with van der Waals surface area (Å²) in [5.41, 5.74) is 0.375. The van der Waals surface area contributed by atoms with Crippen LogP contribution in [0.25, 0.3) is 6.08 Å². The van der Waals surface area contributed by atoms with Crippen LogP contribution in [0.15, 0.2) is 56.7 Å². The Balaban J connectivity index is 1.61. The number of nitrogens with zero attached hydrogens (tertiary/aromatic N) is 3. The minimum absolute atomic E-state index is 0.0136. The zero-order valence-corrected chi connectivity index (χ0v) is 21.2. The Hall–Kier alpha value is -3.71. The average Bonchev–Trinajstić information content (AvgIpc) is 3.48. The Labute approximate surface area is 211 Å². The van der Waals surface area contributed by atoms with Gasteiger partial charge in [-0.15, -0.1) is 5.10 Å². The van der Waals surface area contributed by atoms with E-state index in [1.807, 2.05) is 0 Å². The van der Waals surface area contributed by atoms with Crippen LogP contribution in [-0.4, -0.2) is 53.0 Å². The van der Waals surface area contributed by atoms with E-state index in [1.165, 1.54) is 24.5 Å². The van der Waals surface area contributed by atoms with Crippen LogP contribution in [0.4, 0.5) is 0 Å². The van der Waals surface area contributed by atoms with Crippen LogP contribution in [0.1, 0.15) is 36.9 Å². The van der Waals surface area contributed by atoms with Gasteiger partial charge in [-0.1, -0.05) is 19.9 Å². The zero-order valence-electron chi connectivity index (χ0n) is 19.5. The van der Waals surface area contributed by atoms with Crippen LogP contribution in [0.5, 0.6) is 11.5 Å². The molecule has 0 saturated heterocycles. The van der Waals surface area contributed by atoms with Gasteiger partial charge in [-0.2, -0.15) is 10.0 Å². The van der Waals surface area contributed by atoms with Crippen molar-refractivity contribution in [1.82, 2.24) is 5.01 Å². The number of esters is 1. The minimum atomic E-state index is -3.68. The van der Waals surface area contributed by atoms with Crippen LogP contribution in [0.3, 0.4) is 0 Å². The Morgan fingerprint density at radius 2 is 2.06 bits per heavy atom. The van der Waals surface area contributed by atoms with Gasteiger partial charge in [-0.25, -0.2) is 13.2 Å². The van der Waals surface area contributed by atoms with E-state index >= 15 is 0 Å². The van der Waals surface area contributed by atoms with Crippen molar-refractivity contribution < 1.29 is 31.9 Å². The van der Waals surface area contributed by atoms with Crippen molar-refractivity contribution in [2.45, 2.75) is 20.8 Å². The van der Waals surface area contributed by atoms with E-state index in [0.717, 1.165) is 16.8 Å². The molecule has 1 aromatic heterocycles. The molecule has 1 aromatic carbocycles. The molecule has 0 radical (unpaired) electrons. The summed E-state index contributed by atoms with van der Waals surface area (Å²) in [5, 5.41) is 13.6. The molecule has 0 fully saturated rings. The molecule has 11 nitrogen and oxygen atoms in total. The summed E-state index contributed by atoms with van der Waals surface area (Å²) in [5.74, 6) is -1.53. The molecule has 0 aliphatic carbocycles. The fourth-order valence-electron chi connectivity index (χ4n) is 3.29. The molecule has 0 saturated carbocycles. The molecular weight excluding hydrogens is 508 g/mol. The van der Waals surface area contributed by atoms with Gasteiger partial charge < -0.3 is 13.9 Å². The fraction of sp³-hybridized carbons (Fsp3) is 0.261. The maximum absolute atomic E-state index is 12.7. The lowest BCUT2D eigenvalue weighted by Gasteiger charge is -2.20. The number of hydrogen-bond donors (Lipinski definition) is 1. The van der Waals surface area contributed by atoms with Gasteiger partial charge >= 0.3 is 5.97 Å². The van der Waals surface area contributed by atoms with Crippen LogP contribution in [0, 0.1) is 11.3 Å². The van der Waals surface area contributed by atoms with Gasteiger partial charge in [-0.05, 0) is 60.5 Å². The van der Waals surface area contributed by atoms with Gasteiger partial charge in [0.15, 0.2) is 17.3 Å². The molecule has 0 bridgehead atoms. The van der Waals surface area contributed by atoms with Crippen molar-refractivity contribution in [2.75, 3.05) is 12.4 Å². The lowest BCUT2D eigenvalue weighted by atomic mass is 10.1. The monoisotopic (exact) mass is 530 g/mol. The number of aliphatic imine (C=N–C) groups is 1. The third-order valence-corrected chi connectivity index (χ3v) is 8.19. The summed E-state index contributed by atoms with van der Waals surface area (Å²) in [6.45, 7) is 5.58. The highest BCUT2D eigenvalue weighted by molar-refractivity contribution is 8.42. The first-order valence-corrected chi connectivity index (χ1v) is 13.3. The maximum Gasteiger partial charge on any atom is 0.379 e. The van der Waals surface area contributed by atoms with Gasteiger partial charge in [0.1, 0.15) is 0 Å². The van der Waals surface area contributed by atoms with Gasteiger partial charge in [0.2, 0.25) is 25.1 Å². The fourth-order valence-corrected chi connectivity index (χ4v) is 6.08. The highest BCUT2D eigenvalue weighted by Crippen LogP contribution is 2.33. The summed E-state index contributed by atoms with van der Waals surface area (Å²) in [4.78, 5) is 28.9. The summed E-state index contributed by atoms with van der Waals surface area (Å²) in [7, 11) is -3.68. The van der Waals surface area contributed by atoms with Crippen LogP contribution >= 0.6 is 11.8 Å². The number of thioether (sulfide) groups is 1. The number of nitrogens with one attached hydrogen (secondary N) is 1. The lowest BCUT2D eigenvalue weighted by Crippen LogP contribution is -2.35. The van der Waals surface area contributed by atoms with E-state index in [2.05, 4.69) is 10.1 Å². The summed E-state index contributed by atoms with van der Waals surface area (Å²) in [6, 6.07) is 7.63. The molecule has 0 spiro atoms. The largest absolute Gasteiger partial charge is 0.490 e. The number of amidine groups is 2. The molecule has 3 heterocycles. The maximum atomic E-state index is 12.7. The van der Waals surface area contributed by atoms with Crippen molar-refractivity contribution in [3.05, 3.63) is 53.5 Å². The topological polar surface area (TPSA) is 152 Å². The predicted octanol–water partition coefficient (Wildman–Crippen LogP) is 3.54. The zero-order chi connectivity index (χ0) is 26.0. The number of ether oxygens (including phenoxy) is 2. The number of furan rings is 1.